The summed E-state index contributed by atoms with van der Waals surface area (Å²) in [6.07, 6.45) is 7.61. The van der Waals surface area contributed by atoms with Crippen LogP contribution in [0.5, 0.6) is 0 Å². The van der Waals surface area contributed by atoms with Crippen LogP contribution in [0.25, 0.3) is 121 Å². The average Bonchev–Trinajstić information content (AvgIpc) is 3.95. The Labute approximate surface area is 337 Å². The van der Waals surface area contributed by atoms with Crippen molar-refractivity contribution in [3.8, 4) is 33.6 Å². The van der Waals surface area contributed by atoms with Crippen LogP contribution in [0, 0.1) is 0 Å². The smallest absolute Gasteiger partial charge is 0.143 e. The van der Waals surface area contributed by atoms with Gasteiger partial charge in [0, 0.05) is 90.4 Å². The van der Waals surface area contributed by atoms with E-state index < -0.39 is 0 Å². The Bertz CT molecular complexity index is 3560. The number of hydrogen-bond acceptors (Lipinski definition) is 3. The average molecular weight is 753 g/mol. The number of aromatic nitrogens is 4. The molecule has 59 heavy (non-hydrogen) atoms. The maximum Gasteiger partial charge on any atom is 0.143 e. The van der Waals surface area contributed by atoms with Crippen LogP contribution in [0.2, 0.25) is 0 Å². The Balaban J connectivity index is 1.21. The fourth-order valence-corrected chi connectivity index (χ4v) is 9.67. The van der Waals surface area contributed by atoms with Gasteiger partial charge in [-0.2, -0.15) is 0 Å². The van der Waals surface area contributed by atoms with Gasteiger partial charge in [-0.15, -0.1) is 0 Å². The van der Waals surface area contributed by atoms with E-state index in [9.17, 15) is 0 Å². The maximum atomic E-state index is 7.32. The van der Waals surface area contributed by atoms with Crippen molar-refractivity contribution in [1.29, 1.82) is 0 Å². The van der Waals surface area contributed by atoms with Gasteiger partial charge in [0.2, 0.25) is 0 Å². The molecule has 13 aromatic rings. The highest BCUT2D eigenvalue weighted by Gasteiger charge is 2.23. The molecule has 5 heteroatoms. The van der Waals surface area contributed by atoms with Crippen molar-refractivity contribution in [1.82, 2.24) is 19.1 Å². The van der Waals surface area contributed by atoms with Crippen molar-refractivity contribution in [2.75, 3.05) is 0 Å². The fourth-order valence-electron chi connectivity index (χ4n) is 9.67. The van der Waals surface area contributed by atoms with Crippen molar-refractivity contribution >= 4 is 87.1 Å². The van der Waals surface area contributed by atoms with Crippen molar-refractivity contribution in [3.05, 3.63) is 195 Å². The van der Waals surface area contributed by atoms with Gasteiger partial charge in [-0.25, -0.2) is 0 Å². The van der Waals surface area contributed by atoms with E-state index >= 15 is 0 Å². The standard InChI is InChI=1S/C54H32N4O/c1-3-15-35(16-4-1)57-49-21-9-7-19-37(49)43-27-45-41(29-51(43)57)39(33-13-11-23-55-31-33)25-47-48-26-40(34-14-12-24-56-32-34)42-30-52-44(28-46(42)54(48)59-53(45)47)38-20-8-10-22-50(38)58(52)36-17-5-2-6-18-36/h1-32H. The van der Waals surface area contributed by atoms with Gasteiger partial charge in [-0.1, -0.05) is 84.9 Å². The van der Waals surface area contributed by atoms with E-state index in [2.05, 4.69) is 177 Å². The van der Waals surface area contributed by atoms with Crippen molar-refractivity contribution in [2.45, 2.75) is 0 Å². The molecule has 0 aliphatic rings. The number of fused-ring (bicyclic) bond motifs is 13. The van der Waals surface area contributed by atoms with Crippen LogP contribution in [0.3, 0.4) is 0 Å². The van der Waals surface area contributed by atoms with Crippen LogP contribution >= 0.6 is 0 Å². The molecule has 0 saturated heterocycles. The minimum Gasteiger partial charge on any atom is -0.455 e. The molecule has 0 spiro atoms. The van der Waals surface area contributed by atoms with Gasteiger partial charge in [-0.3, -0.25) is 9.97 Å². The summed E-state index contributed by atoms with van der Waals surface area (Å²) in [5, 5.41) is 11.3. The quantitative estimate of drug-likeness (QED) is 0.180. The zero-order valence-corrected chi connectivity index (χ0v) is 31.7. The largest absolute Gasteiger partial charge is 0.455 e. The van der Waals surface area contributed by atoms with E-state index in [-0.39, 0.29) is 0 Å². The summed E-state index contributed by atoms with van der Waals surface area (Å²) in [6.45, 7) is 0. The summed E-state index contributed by atoms with van der Waals surface area (Å²) in [5.41, 5.74) is 12.9. The first-order valence-corrected chi connectivity index (χ1v) is 20.0. The maximum absolute atomic E-state index is 7.32. The lowest BCUT2D eigenvalue weighted by Crippen LogP contribution is -1.93. The van der Waals surface area contributed by atoms with E-state index in [4.69, 9.17) is 4.42 Å². The summed E-state index contributed by atoms with van der Waals surface area (Å²) < 4.78 is 12.1. The van der Waals surface area contributed by atoms with Crippen LogP contribution in [0.1, 0.15) is 0 Å². The van der Waals surface area contributed by atoms with Gasteiger partial charge < -0.3 is 13.6 Å². The molecule has 0 fully saturated rings. The minimum atomic E-state index is 0.873. The molecule has 0 N–H and O–H groups in total. The molecular weight excluding hydrogens is 721 g/mol. The van der Waals surface area contributed by atoms with E-state index in [1.54, 1.807) is 0 Å². The molecule has 0 saturated carbocycles. The summed E-state index contributed by atoms with van der Waals surface area (Å²) in [5.74, 6) is 0. The molecular formula is C54H32N4O. The number of hydrogen-bond donors (Lipinski definition) is 0. The number of rotatable bonds is 4. The normalized spacial score (nSPS) is 12.1. The molecule has 0 atom stereocenters. The summed E-state index contributed by atoms with van der Waals surface area (Å²) in [4.78, 5) is 9.19. The minimum absolute atomic E-state index is 0.873. The predicted octanol–water partition coefficient (Wildman–Crippen LogP) is 14.2. The van der Waals surface area contributed by atoms with E-state index in [1.807, 2.05) is 36.9 Å². The van der Waals surface area contributed by atoms with Crippen molar-refractivity contribution in [3.63, 3.8) is 0 Å². The molecule has 0 aliphatic carbocycles. The summed E-state index contributed by atoms with van der Waals surface area (Å²) in [7, 11) is 0. The molecule has 13 rings (SSSR count). The van der Waals surface area contributed by atoms with Gasteiger partial charge in [0.15, 0.2) is 0 Å². The van der Waals surface area contributed by atoms with E-state index in [0.717, 1.165) is 88.1 Å². The molecule has 0 amide bonds. The SMILES string of the molecule is c1ccc(-n2c3ccccc3c3cc4c(cc32)c(-c2cccnc2)cc2c3cc(-c5cccnc5)c5cc6c(cc5c3oc42)c2ccccc2n6-c2ccccc2)cc1. The number of para-hydroxylation sites is 4. The Hall–Kier alpha value is -8.02. The Morgan fingerprint density at radius 1 is 0.322 bits per heavy atom. The third-order valence-corrected chi connectivity index (χ3v) is 12.2. The number of pyridine rings is 2. The van der Waals surface area contributed by atoms with Crippen LogP contribution in [0.15, 0.2) is 199 Å². The van der Waals surface area contributed by atoms with Crippen LogP contribution in [0.4, 0.5) is 0 Å². The van der Waals surface area contributed by atoms with Crippen molar-refractivity contribution in [2.24, 2.45) is 0 Å². The monoisotopic (exact) mass is 752 g/mol. The van der Waals surface area contributed by atoms with Gasteiger partial charge in [0.05, 0.1) is 22.1 Å². The molecule has 0 aliphatic heterocycles. The predicted molar refractivity (Wildman–Crippen MR) is 244 cm³/mol. The third kappa shape index (κ3) is 4.61. The van der Waals surface area contributed by atoms with Crippen LogP contribution in [-0.2, 0) is 0 Å². The highest BCUT2D eigenvalue weighted by molar-refractivity contribution is 6.29. The van der Waals surface area contributed by atoms with Crippen LogP contribution < -0.4 is 0 Å². The van der Waals surface area contributed by atoms with Gasteiger partial charge in [0.1, 0.15) is 11.2 Å². The van der Waals surface area contributed by atoms with Gasteiger partial charge >= 0.3 is 0 Å². The number of nitrogens with zero attached hydrogens (tertiary/aromatic N) is 4. The molecule has 0 bridgehead atoms. The molecule has 274 valence electrons. The lowest BCUT2D eigenvalue weighted by atomic mass is 9.92. The van der Waals surface area contributed by atoms with E-state index in [1.165, 1.54) is 32.6 Å². The van der Waals surface area contributed by atoms with Gasteiger partial charge in [0.25, 0.3) is 0 Å². The Morgan fingerprint density at radius 2 is 0.746 bits per heavy atom. The van der Waals surface area contributed by atoms with Gasteiger partial charge in [-0.05, 0) is 107 Å². The molecule has 5 nitrogen and oxygen atoms in total. The second-order valence-electron chi connectivity index (χ2n) is 15.4. The second-order valence-corrected chi connectivity index (χ2v) is 15.4. The van der Waals surface area contributed by atoms with E-state index in [0.29, 0.717) is 0 Å². The highest BCUT2D eigenvalue weighted by atomic mass is 16.3. The first kappa shape index (κ1) is 32.1. The Morgan fingerprint density at radius 3 is 1.19 bits per heavy atom. The molecule has 8 aromatic carbocycles. The lowest BCUT2D eigenvalue weighted by Gasteiger charge is -2.12. The zero-order valence-electron chi connectivity index (χ0n) is 31.7. The molecule has 5 aromatic heterocycles. The van der Waals surface area contributed by atoms with Crippen LogP contribution in [-0.4, -0.2) is 19.1 Å². The zero-order chi connectivity index (χ0) is 38.6. The first-order valence-electron chi connectivity index (χ1n) is 20.0. The third-order valence-electron chi connectivity index (χ3n) is 12.2. The molecule has 0 radical (unpaired) electrons. The molecule has 0 unspecified atom stereocenters. The Kier molecular flexibility index (Phi) is 6.66. The number of benzene rings is 8. The highest BCUT2D eigenvalue weighted by Crippen LogP contribution is 2.48. The summed E-state index contributed by atoms with van der Waals surface area (Å²) >= 11 is 0. The second kappa shape index (κ2) is 12.2. The molecule has 5 heterocycles. The fraction of sp³-hybridized carbons (Fsp3) is 0. The lowest BCUT2D eigenvalue weighted by molar-refractivity contribution is 0.676. The van der Waals surface area contributed by atoms with Crippen molar-refractivity contribution < 1.29 is 4.42 Å². The number of furan rings is 1. The first-order chi connectivity index (χ1) is 29.3. The topological polar surface area (TPSA) is 48.8 Å². The summed E-state index contributed by atoms with van der Waals surface area (Å²) in [6, 6.07) is 61.1.